The first-order valence-electron chi connectivity index (χ1n) is 7.37. The van der Waals surface area contributed by atoms with Gasteiger partial charge in [-0.05, 0) is 12.0 Å². The van der Waals surface area contributed by atoms with E-state index in [4.69, 9.17) is 4.52 Å². The van der Waals surface area contributed by atoms with Gasteiger partial charge in [0.05, 0.1) is 12.5 Å². The summed E-state index contributed by atoms with van der Waals surface area (Å²) in [6.07, 6.45) is 1.45. The predicted octanol–water partition coefficient (Wildman–Crippen LogP) is 1.75. The molecule has 0 unspecified atom stereocenters. The van der Waals surface area contributed by atoms with Crippen molar-refractivity contribution in [3.63, 3.8) is 0 Å². The Morgan fingerprint density at radius 3 is 2.73 bits per heavy atom. The first-order valence-corrected chi connectivity index (χ1v) is 7.37. The van der Waals surface area contributed by atoms with Crippen LogP contribution in [0.3, 0.4) is 0 Å². The van der Waals surface area contributed by atoms with E-state index in [1.807, 2.05) is 37.3 Å². The fourth-order valence-electron chi connectivity index (χ4n) is 2.62. The number of hydrogen-bond donors (Lipinski definition) is 0. The number of benzene rings is 1. The molecule has 6 heteroatoms. The third-order valence-electron chi connectivity index (χ3n) is 3.77. The first-order chi connectivity index (χ1) is 10.7. The number of nitrogens with zero attached hydrogens (tertiary/aromatic N) is 3. The molecule has 2 aromatic rings. The molecule has 0 spiro atoms. The molecule has 1 aliphatic heterocycles. The zero-order valence-electron chi connectivity index (χ0n) is 12.4. The van der Waals surface area contributed by atoms with Gasteiger partial charge in [-0.15, -0.1) is 0 Å². The van der Waals surface area contributed by atoms with Crippen molar-refractivity contribution in [1.29, 1.82) is 0 Å². The van der Waals surface area contributed by atoms with Crippen molar-refractivity contribution in [3.05, 3.63) is 47.6 Å². The lowest BCUT2D eigenvalue weighted by molar-refractivity contribution is -0.140. The van der Waals surface area contributed by atoms with Crippen molar-refractivity contribution < 1.29 is 14.1 Å². The lowest BCUT2D eigenvalue weighted by Gasteiger charge is -2.12. The molecular formula is C16H17N3O3. The van der Waals surface area contributed by atoms with Gasteiger partial charge in [0, 0.05) is 12.8 Å². The quantitative estimate of drug-likeness (QED) is 0.786. The Hall–Kier alpha value is -2.50. The molecule has 2 amide bonds. The number of amides is 2. The van der Waals surface area contributed by atoms with Gasteiger partial charge in [-0.25, -0.2) is 0 Å². The van der Waals surface area contributed by atoms with E-state index in [1.165, 1.54) is 4.90 Å². The van der Waals surface area contributed by atoms with Crippen LogP contribution in [0.25, 0.3) is 0 Å². The third kappa shape index (κ3) is 2.90. The van der Waals surface area contributed by atoms with Gasteiger partial charge in [0.25, 0.3) is 0 Å². The molecule has 1 aromatic carbocycles. The number of hydrogen-bond acceptors (Lipinski definition) is 5. The zero-order valence-corrected chi connectivity index (χ0v) is 12.4. The van der Waals surface area contributed by atoms with Crippen molar-refractivity contribution in [3.8, 4) is 0 Å². The maximum absolute atomic E-state index is 12.4. The monoisotopic (exact) mass is 299 g/mol. The van der Waals surface area contributed by atoms with E-state index in [-0.39, 0.29) is 30.7 Å². The summed E-state index contributed by atoms with van der Waals surface area (Å²) in [6.45, 7) is 1.99. The number of aromatic nitrogens is 2. The van der Waals surface area contributed by atoms with E-state index in [2.05, 4.69) is 10.1 Å². The van der Waals surface area contributed by atoms with Crippen LogP contribution < -0.4 is 0 Å². The molecule has 0 bridgehead atoms. The van der Waals surface area contributed by atoms with Crippen LogP contribution in [-0.4, -0.2) is 26.9 Å². The van der Waals surface area contributed by atoms with Gasteiger partial charge in [0.15, 0.2) is 5.82 Å². The molecule has 1 aromatic heterocycles. The number of carbonyl (C=O) groups is 2. The van der Waals surface area contributed by atoms with Crippen LogP contribution in [-0.2, 0) is 29.0 Å². The number of likely N-dealkylation sites (tertiary alicyclic amines) is 1. The lowest BCUT2D eigenvalue weighted by Crippen LogP contribution is -2.31. The Kier molecular flexibility index (Phi) is 4.00. The summed E-state index contributed by atoms with van der Waals surface area (Å²) in [5.74, 6) is 0.256. The lowest BCUT2D eigenvalue weighted by atomic mass is 9.98. The molecule has 0 N–H and O–H groups in total. The molecule has 114 valence electrons. The molecule has 1 fully saturated rings. The second-order valence-corrected chi connectivity index (χ2v) is 5.37. The minimum absolute atomic E-state index is 0.0897. The van der Waals surface area contributed by atoms with Gasteiger partial charge in [0.2, 0.25) is 17.7 Å². The highest BCUT2D eigenvalue weighted by molar-refractivity contribution is 6.03. The minimum Gasteiger partial charge on any atom is -0.339 e. The van der Waals surface area contributed by atoms with E-state index in [0.717, 1.165) is 5.56 Å². The molecule has 1 aliphatic rings. The molecule has 6 nitrogen and oxygen atoms in total. The Labute approximate surface area is 128 Å². The summed E-state index contributed by atoms with van der Waals surface area (Å²) in [5.41, 5.74) is 1.06. The SMILES string of the molecule is CCc1nc(CN2C(=O)C[C@@H](Cc3ccccc3)C2=O)no1. The maximum Gasteiger partial charge on any atom is 0.233 e. The van der Waals surface area contributed by atoms with Gasteiger partial charge in [-0.3, -0.25) is 14.5 Å². The van der Waals surface area contributed by atoms with E-state index >= 15 is 0 Å². The molecule has 1 saturated heterocycles. The van der Waals surface area contributed by atoms with Crippen molar-refractivity contribution in [2.45, 2.75) is 32.7 Å². The Morgan fingerprint density at radius 1 is 1.27 bits per heavy atom. The molecule has 3 rings (SSSR count). The second-order valence-electron chi connectivity index (χ2n) is 5.37. The van der Waals surface area contributed by atoms with Crippen LogP contribution >= 0.6 is 0 Å². The number of imide groups is 1. The van der Waals surface area contributed by atoms with Crippen LogP contribution in [0.4, 0.5) is 0 Å². The molecule has 2 heterocycles. The molecule has 22 heavy (non-hydrogen) atoms. The average molecular weight is 299 g/mol. The van der Waals surface area contributed by atoms with Crippen molar-refractivity contribution in [2.75, 3.05) is 0 Å². The number of carbonyl (C=O) groups excluding carboxylic acids is 2. The van der Waals surface area contributed by atoms with Crippen molar-refractivity contribution in [1.82, 2.24) is 15.0 Å². The fraction of sp³-hybridized carbons (Fsp3) is 0.375. The van der Waals surface area contributed by atoms with Crippen LogP contribution in [0.2, 0.25) is 0 Å². The highest BCUT2D eigenvalue weighted by Crippen LogP contribution is 2.24. The smallest absolute Gasteiger partial charge is 0.233 e. The third-order valence-corrected chi connectivity index (χ3v) is 3.77. The summed E-state index contributed by atoms with van der Waals surface area (Å²) in [4.78, 5) is 29.9. The minimum atomic E-state index is -0.299. The van der Waals surface area contributed by atoms with Crippen molar-refractivity contribution >= 4 is 11.8 Å². The summed E-state index contributed by atoms with van der Waals surface area (Å²) >= 11 is 0. The van der Waals surface area contributed by atoms with Gasteiger partial charge in [-0.2, -0.15) is 4.98 Å². The Morgan fingerprint density at radius 2 is 2.05 bits per heavy atom. The molecule has 0 aliphatic carbocycles. The molecule has 0 radical (unpaired) electrons. The molecular weight excluding hydrogens is 282 g/mol. The zero-order chi connectivity index (χ0) is 15.5. The van der Waals surface area contributed by atoms with Crippen LogP contribution in [0.1, 0.15) is 30.6 Å². The second kappa shape index (κ2) is 6.09. The Balaban J connectivity index is 1.68. The predicted molar refractivity (Wildman–Crippen MR) is 77.5 cm³/mol. The van der Waals surface area contributed by atoms with Crippen molar-refractivity contribution in [2.24, 2.45) is 5.92 Å². The normalized spacial score (nSPS) is 18.2. The fourth-order valence-corrected chi connectivity index (χ4v) is 2.62. The van der Waals surface area contributed by atoms with Gasteiger partial charge < -0.3 is 4.52 Å². The summed E-state index contributed by atoms with van der Waals surface area (Å²) in [7, 11) is 0. The van der Waals surface area contributed by atoms with Gasteiger partial charge in [-0.1, -0.05) is 42.4 Å². The van der Waals surface area contributed by atoms with Crippen LogP contribution in [0.15, 0.2) is 34.9 Å². The van der Waals surface area contributed by atoms with Gasteiger partial charge in [0.1, 0.15) is 0 Å². The van der Waals surface area contributed by atoms with E-state index in [0.29, 0.717) is 24.6 Å². The van der Waals surface area contributed by atoms with Gasteiger partial charge >= 0.3 is 0 Å². The highest BCUT2D eigenvalue weighted by atomic mass is 16.5. The summed E-state index contributed by atoms with van der Waals surface area (Å²) < 4.78 is 5.01. The van der Waals surface area contributed by atoms with E-state index in [9.17, 15) is 9.59 Å². The molecule has 0 saturated carbocycles. The standard InChI is InChI=1S/C16H17N3O3/c1-2-14-17-13(18-22-14)10-19-15(20)9-12(16(19)21)8-11-6-4-3-5-7-11/h3-7,12H,2,8-10H2,1H3/t12-/m1/s1. The van der Waals surface area contributed by atoms with E-state index in [1.54, 1.807) is 0 Å². The van der Waals surface area contributed by atoms with Crippen LogP contribution in [0.5, 0.6) is 0 Å². The number of rotatable bonds is 5. The number of aryl methyl sites for hydroxylation is 1. The van der Waals surface area contributed by atoms with Crippen LogP contribution in [0, 0.1) is 5.92 Å². The highest BCUT2D eigenvalue weighted by Gasteiger charge is 2.38. The molecule has 1 atom stereocenters. The summed E-state index contributed by atoms with van der Waals surface area (Å²) in [6, 6.07) is 9.72. The maximum atomic E-state index is 12.4. The summed E-state index contributed by atoms with van der Waals surface area (Å²) in [5, 5.41) is 3.80. The topological polar surface area (TPSA) is 76.3 Å². The largest absolute Gasteiger partial charge is 0.339 e. The Bertz CT molecular complexity index is 681. The van der Waals surface area contributed by atoms with E-state index < -0.39 is 0 Å². The average Bonchev–Trinajstić information content (AvgIpc) is 3.09. The first kappa shape index (κ1) is 14.4.